The number of amides is 1. The average Bonchev–Trinajstić information content (AvgIpc) is 2.66. The number of anilines is 1. The van der Waals surface area contributed by atoms with Gasteiger partial charge in [0.1, 0.15) is 28.5 Å². The number of phenols is 2. The molecule has 3 rings (SSSR count). The molecule has 1 aliphatic rings. The molecule has 2 heterocycles. The van der Waals surface area contributed by atoms with Gasteiger partial charge in [0.15, 0.2) is 0 Å². The van der Waals surface area contributed by atoms with Crippen molar-refractivity contribution in [3.05, 3.63) is 35.4 Å². The molecule has 166 valence electrons. The number of carboxylic acid groups (broad SMARTS) is 1. The van der Waals surface area contributed by atoms with Crippen molar-refractivity contribution in [1.82, 2.24) is 9.88 Å². The van der Waals surface area contributed by atoms with Crippen molar-refractivity contribution in [3.63, 3.8) is 0 Å². The summed E-state index contributed by atoms with van der Waals surface area (Å²) in [5.41, 5.74) is 5.81. The molecule has 0 bridgehead atoms. The minimum absolute atomic E-state index is 0.0622. The number of benzene rings is 1. The Morgan fingerprint density at radius 1 is 1.23 bits per heavy atom. The van der Waals surface area contributed by atoms with E-state index in [1.54, 1.807) is 25.7 Å². The van der Waals surface area contributed by atoms with Crippen molar-refractivity contribution in [2.45, 2.75) is 45.1 Å². The minimum atomic E-state index is -1.23. The molecule has 1 amide bonds. The van der Waals surface area contributed by atoms with E-state index in [4.69, 9.17) is 10.5 Å². The van der Waals surface area contributed by atoms with E-state index >= 15 is 0 Å². The summed E-state index contributed by atoms with van der Waals surface area (Å²) in [5.74, 6) is -2.20. The first-order valence-corrected chi connectivity index (χ1v) is 10.0. The Labute approximate surface area is 180 Å². The number of phenolic OH excluding ortho intramolecular Hbond substituents is 2. The van der Waals surface area contributed by atoms with Crippen LogP contribution in [0.5, 0.6) is 11.5 Å². The third-order valence-corrected chi connectivity index (χ3v) is 5.08. The largest absolute Gasteiger partial charge is 0.507 e. The number of carbonyl (C=O) groups is 2. The van der Waals surface area contributed by atoms with Gasteiger partial charge < -0.3 is 30.7 Å². The molecule has 31 heavy (non-hydrogen) atoms. The maximum atomic E-state index is 12.5. The first-order valence-electron chi connectivity index (χ1n) is 10.0. The fourth-order valence-electron chi connectivity index (χ4n) is 3.78. The fraction of sp³-hybridized carbons (Fsp3) is 0.409. The first-order chi connectivity index (χ1) is 14.5. The third kappa shape index (κ3) is 4.82. The van der Waals surface area contributed by atoms with Crippen molar-refractivity contribution in [1.29, 1.82) is 0 Å². The summed E-state index contributed by atoms with van der Waals surface area (Å²) < 4.78 is 5.45. The van der Waals surface area contributed by atoms with Crippen LogP contribution in [-0.4, -0.2) is 56.0 Å². The monoisotopic (exact) mass is 429 g/mol. The molecule has 2 aromatic rings. The van der Waals surface area contributed by atoms with Crippen LogP contribution in [-0.2, 0) is 4.74 Å². The summed E-state index contributed by atoms with van der Waals surface area (Å²) in [6.45, 7) is 6.10. The second-order valence-corrected chi connectivity index (χ2v) is 8.60. The number of carboxylic acids is 1. The number of carbonyl (C=O) groups excluding carboxylic acids is 1. The van der Waals surface area contributed by atoms with Crippen LogP contribution in [0, 0.1) is 0 Å². The minimum Gasteiger partial charge on any atom is -0.507 e. The van der Waals surface area contributed by atoms with Gasteiger partial charge >= 0.3 is 12.1 Å². The Morgan fingerprint density at radius 3 is 2.45 bits per heavy atom. The summed E-state index contributed by atoms with van der Waals surface area (Å²) in [6, 6.07) is 5.77. The summed E-state index contributed by atoms with van der Waals surface area (Å²) in [6.07, 6.45) is 0.826. The Balaban J connectivity index is 2.04. The van der Waals surface area contributed by atoms with E-state index in [0.717, 1.165) is 0 Å². The Hall–Kier alpha value is -3.49. The first kappa shape index (κ1) is 22.2. The number of aromatic nitrogens is 1. The molecule has 5 N–H and O–H groups in total. The lowest BCUT2D eigenvalue weighted by Gasteiger charge is -2.35. The lowest BCUT2D eigenvalue weighted by atomic mass is 9.87. The predicted octanol–water partition coefficient (Wildman–Crippen LogP) is 3.55. The van der Waals surface area contributed by atoms with E-state index in [0.29, 0.717) is 24.9 Å². The molecule has 1 aromatic heterocycles. The number of nitrogens with zero attached hydrogens (tertiary/aromatic N) is 2. The SMILES string of the molecule is CC(C)(C)OC(=O)N1CCCC(c2cc(-c3c(O)cccc3O)nc(N)c2C(=O)O)C1. The van der Waals surface area contributed by atoms with Crippen molar-refractivity contribution in [2.75, 3.05) is 18.8 Å². The molecular weight excluding hydrogens is 402 g/mol. The molecule has 1 unspecified atom stereocenters. The maximum Gasteiger partial charge on any atom is 0.410 e. The highest BCUT2D eigenvalue weighted by atomic mass is 16.6. The molecule has 1 saturated heterocycles. The van der Waals surface area contributed by atoms with Gasteiger partial charge in [-0.3, -0.25) is 0 Å². The molecule has 9 nitrogen and oxygen atoms in total. The van der Waals surface area contributed by atoms with Gasteiger partial charge in [-0.1, -0.05) is 6.07 Å². The second-order valence-electron chi connectivity index (χ2n) is 8.60. The van der Waals surface area contributed by atoms with E-state index in [-0.39, 0.29) is 46.6 Å². The summed E-state index contributed by atoms with van der Waals surface area (Å²) in [7, 11) is 0. The van der Waals surface area contributed by atoms with Gasteiger partial charge in [0, 0.05) is 19.0 Å². The van der Waals surface area contributed by atoms with Crippen LogP contribution < -0.4 is 5.73 Å². The van der Waals surface area contributed by atoms with E-state index in [2.05, 4.69) is 4.98 Å². The average molecular weight is 429 g/mol. The number of likely N-dealkylation sites (tertiary alicyclic amines) is 1. The Kier molecular flexibility index (Phi) is 5.97. The van der Waals surface area contributed by atoms with Gasteiger partial charge in [0.2, 0.25) is 0 Å². The number of piperidine rings is 1. The topological polar surface area (TPSA) is 146 Å². The zero-order valence-electron chi connectivity index (χ0n) is 17.8. The van der Waals surface area contributed by atoms with Crippen LogP contribution in [0.2, 0.25) is 0 Å². The second kappa shape index (κ2) is 8.33. The lowest BCUT2D eigenvalue weighted by Crippen LogP contribution is -2.42. The van der Waals surface area contributed by atoms with Crippen molar-refractivity contribution < 1.29 is 29.6 Å². The third-order valence-electron chi connectivity index (χ3n) is 5.08. The van der Waals surface area contributed by atoms with Crippen LogP contribution in [0.25, 0.3) is 11.3 Å². The van der Waals surface area contributed by atoms with E-state index < -0.39 is 17.7 Å². The van der Waals surface area contributed by atoms with Crippen LogP contribution in [0.4, 0.5) is 10.6 Å². The van der Waals surface area contributed by atoms with Gasteiger partial charge in [-0.25, -0.2) is 14.6 Å². The van der Waals surface area contributed by atoms with Crippen molar-refractivity contribution in [3.8, 4) is 22.8 Å². The predicted molar refractivity (Wildman–Crippen MR) is 114 cm³/mol. The number of aromatic hydroxyl groups is 2. The van der Waals surface area contributed by atoms with Crippen molar-refractivity contribution >= 4 is 17.9 Å². The number of nitrogens with two attached hydrogens (primary N) is 1. The van der Waals surface area contributed by atoms with Crippen LogP contribution >= 0.6 is 0 Å². The Bertz CT molecular complexity index is 995. The molecule has 0 radical (unpaired) electrons. The smallest absolute Gasteiger partial charge is 0.410 e. The molecule has 1 aromatic carbocycles. The molecule has 0 spiro atoms. The molecule has 0 saturated carbocycles. The number of nitrogen functional groups attached to an aromatic ring is 1. The lowest BCUT2D eigenvalue weighted by molar-refractivity contribution is 0.0198. The molecule has 1 fully saturated rings. The molecule has 9 heteroatoms. The molecule has 1 aliphatic heterocycles. The fourth-order valence-corrected chi connectivity index (χ4v) is 3.78. The normalized spacial score (nSPS) is 16.7. The molecule has 1 atom stereocenters. The number of ether oxygens (including phenoxy) is 1. The summed E-state index contributed by atoms with van der Waals surface area (Å²) in [5, 5.41) is 30.2. The van der Waals surface area contributed by atoms with Crippen LogP contribution in [0.1, 0.15) is 55.5 Å². The Morgan fingerprint density at radius 2 is 1.87 bits per heavy atom. The number of aromatic carboxylic acids is 1. The van der Waals surface area contributed by atoms with Gasteiger partial charge in [0.05, 0.1) is 11.3 Å². The number of pyridine rings is 1. The maximum absolute atomic E-state index is 12.5. The highest BCUT2D eigenvalue weighted by Crippen LogP contribution is 2.40. The zero-order chi connectivity index (χ0) is 22.9. The number of rotatable bonds is 3. The van der Waals surface area contributed by atoms with Gasteiger partial charge in [0.25, 0.3) is 0 Å². The van der Waals surface area contributed by atoms with Crippen molar-refractivity contribution in [2.24, 2.45) is 0 Å². The standard InChI is InChI=1S/C22H27N3O6/c1-22(2,3)31-21(30)25-9-5-6-12(11-25)13-10-14(24-19(23)17(13)20(28)29)18-15(26)7-4-8-16(18)27/h4,7-8,10,12,26-27H,5-6,9,11H2,1-3H3,(H2,23,24)(H,28,29). The highest BCUT2D eigenvalue weighted by Gasteiger charge is 2.32. The van der Waals surface area contributed by atoms with Gasteiger partial charge in [-0.2, -0.15) is 0 Å². The zero-order valence-corrected chi connectivity index (χ0v) is 17.8. The molecule has 0 aliphatic carbocycles. The quantitative estimate of drug-likeness (QED) is 0.579. The highest BCUT2D eigenvalue weighted by molar-refractivity contribution is 5.95. The molecular formula is C22H27N3O6. The van der Waals surface area contributed by atoms with E-state index in [9.17, 15) is 24.9 Å². The van der Waals surface area contributed by atoms with Crippen LogP contribution in [0.3, 0.4) is 0 Å². The number of hydrogen-bond acceptors (Lipinski definition) is 7. The summed E-state index contributed by atoms with van der Waals surface area (Å²) in [4.78, 5) is 30.2. The van der Waals surface area contributed by atoms with E-state index in [1.165, 1.54) is 24.3 Å². The van der Waals surface area contributed by atoms with Gasteiger partial charge in [-0.15, -0.1) is 0 Å². The summed E-state index contributed by atoms with van der Waals surface area (Å²) >= 11 is 0. The number of hydrogen-bond donors (Lipinski definition) is 4. The van der Waals surface area contributed by atoms with Crippen LogP contribution in [0.15, 0.2) is 24.3 Å². The van der Waals surface area contributed by atoms with E-state index in [1.807, 2.05) is 0 Å². The van der Waals surface area contributed by atoms with Gasteiger partial charge in [-0.05, 0) is 57.4 Å².